The van der Waals surface area contributed by atoms with Crippen LogP contribution in [0.3, 0.4) is 0 Å². The molecule has 0 atom stereocenters. The van der Waals surface area contributed by atoms with E-state index in [1.807, 2.05) is 48.5 Å². The number of nitro benzene ring substituents is 1. The van der Waals surface area contributed by atoms with Crippen molar-refractivity contribution in [1.29, 1.82) is 0 Å². The zero-order valence-corrected chi connectivity index (χ0v) is 17.4. The highest BCUT2D eigenvalue weighted by Gasteiger charge is 2.16. The van der Waals surface area contributed by atoms with Gasteiger partial charge in [0.1, 0.15) is 11.5 Å². The highest BCUT2D eigenvalue weighted by molar-refractivity contribution is 5.87. The molecule has 0 aliphatic heterocycles. The molecule has 4 aromatic carbocycles. The fourth-order valence-corrected chi connectivity index (χ4v) is 3.53. The summed E-state index contributed by atoms with van der Waals surface area (Å²) in [7, 11) is 0. The molecular formula is C26H18N4O3. The van der Waals surface area contributed by atoms with Crippen molar-refractivity contribution in [2.45, 2.75) is 0 Å². The van der Waals surface area contributed by atoms with Gasteiger partial charge in [0, 0.05) is 35.0 Å². The predicted molar refractivity (Wildman–Crippen MR) is 128 cm³/mol. The molecule has 0 amide bonds. The molecule has 160 valence electrons. The number of aromatic nitrogens is 2. The highest BCUT2D eigenvalue weighted by atomic mass is 16.6. The number of non-ortho nitro benzene ring substituents is 1. The number of fused-ring (bicyclic) bond motifs is 1. The van der Waals surface area contributed by atoms with Crippen LogP contribution in [0.4, 0.5) is 11.4 Å². The third-order valence-electron chi connectivity index (χ3n) is 5.13. The van der Waals surface area contributed by atoms with Crippen molar-refractivity contribution in [2.24, 2.45) is 0 Å². The van der Waals surface area contributed by atoms with Crippen molar-refractivity contribution in [3.63, 3.8) is 0 Å². The maximum atomic E-state index is 11.3. The van der Waals surface area contributed by atoms with Crippen LogP contribution >= 0.6 is 0 Å². The Hall–Kier alpha value is -4.78. The van der Waals surface area contributed by atoms with Crippen molar-refractivity contribution in [1.82, 2.24) is 9.97 Å². The fraction of sp³-hybridized carbons (Fsp3) is 0. The normalized spacial score (nSPS) is 10.8. The maximum absolute atomic E-state index is 11.3. The molecule has 5 aromatic rings. The molecule has 7 heteroatoms. The second kappa shape index (κ2) is 8.39. The number of benzene rings is 4. The summed E-state index contributed by atoms with van der Waals surface area (Å²) in [4.78, 5) is 20.6. The molecule has 0 bridgehead atoms. The van der Waals surface area contributed by atoms with E-state index in [0.717, 1.165) is 5.56 Å². The first-order valence-corrected chi connectivity index (χ1v) is 10.2. The first kappa shape index (κ1) is 20.1. The van der Waals surface area contributed by atoms with Crippen LogP contribution in [-0.2, 0) is 0 Å². The fourth-order valence-electron chi connectivity index (χ4n) is 3.53. The molecule has 1 aromatic heterocycles. The van der Waals surface area contributed by atoms with E-state index in [2.05, 4.69) is 0 Å². The summed E-state index contributed by atoms with van der Waals surface area (Å²) >= 11 is 0. The molecule has 0 unspecified atom stereocenters. The van der Waals surface area contributed by atoms with Gasteiger partial charge in [0.15, 0.2) is 0 Å². The number of nitro groups is 1. The third kappa shape index (κ3) is 4.20. The van der Waals surface area contributed by atoms with E-state index in [0.29, 0.717) is 45.2 Å². The minimum atomic E-state index is -0.416. The summed E-state index contributed by atoms with van der Waals surface area (Å²) in [5, 5.41) is 11.3. The van der Waals surface area contributed by atoms with E-state index in [1.165, 1.54) is 12.1 Å². The molecule has 0 aliphatic rings. The molecule has 0 spiro atoms. The van der Waals surface area contributed by atoms with Gasteiger partial charge in [0.2, 0.25) is 0 Å². The topological polar surface area (TPSA) is 104 Å². The second-order valence-corrected chi connectivity index (χ2v) is 7.42. The van der Waals surface area contributed by atoms with Crippen molar-refractivity contribution in [2.75, 3.05) is 5.73 Å². The Morgan fingerprint density at radius 3 is 2.12 bits per heavy atom. The van der Waals surface area contributed by atoms with Gasteiger partial charge >= 0.3 is 0 Å². The molecule has 5 rings (SSSR count). The average Bonchev–Trinajstić information content (AvgIpc) is 2.85. The predicted octanol–water partition coefficient (Wildman–Crippen LogP) is 6.25. The Morgan fingerprint density at radius 1 is 0.697 bits per heavy atom. The summed E-state index contributed by atoms with van der Waals surface area (Å²) in [6, 6.07) is 28.6. The van der Waals surface area contributed by atoms with Crippen LogP contribution in [-0.4, -0.2) is 14.9 Å². The lowest BCUT2D eigenvalue weighted by molar-refractivity contribution is -0.384. The highest BCUT2D eigenvalue weighted by Crippen LogP contribution is 2.34. The van der Waals surface area contributed by atoms with Crippen LogP contribution in [0.2, 0.25) is 0 Å². The third-order valence-corrected chi connectivity index (χ3v) is 5.13. The monoisotopic (exact) mass is 434 g/mol. The molecule has 33 heavy (non-hydrogen) atoms. The zero-order valence-electron chi connectivity index (χ0n) is 17.4. The lowest BCUT2D eigenvalue weighted by atomic mass is 10.0. The van der Waals surface area contributed by atoms with Gasteiger partial charge in [-0.25, -0.2) is 9.97 Å². The van der Waals surface area contributed by atoms with Crippen LogP contribution in [0.25, 0.3) is 33.5 Å². The number of hydrogen-bond acceptors (Lipinski definition) is 6. The van der Waals surface area contributed by atoms with Gasteiger partial charge in [0.05, 0.1) is 27.3 Å². The summed E-state index contributed by atoms with van der Waals surface area (Å²) in [5.74, 6) is 1.27. The molecule has 0 aliphatic carbocycles. The summed E-state index contributed by atoms with van der Waals surface area (Å²) in [6.07, 6.45) is 0. The summed E-state index contributed by atoms with van der Waals surface area (Å²) in [6.45, 7) is 0. The zero-order chi connectivity index (χ0) is 22.8. The number of nitrogens with two attached hydrogens (primary N) is 1. The summed E-state index contributed by atoms with van der Waals surface area (Å²) < 4.78 is 5.95. The average molecular weight is 434 g/mol. The Balaban J connectivity index is 1.64. The number of nitrogens with zero attached hydrogens (tertiary/aromatic N) is 3. The van der Waals surface area contributed by atoms with E-state index >= 15 is 0 Å². The molecular weight excluding hydrogens is 416 g/mol. The Morgan fingerprint density at radius 2 is 1.36 bits per heavy atom. The smallest absolute Gasteiger partial charge is 0.270 e. The van der Waals surface area contributed by atoms with Crippen LogP contribution in [0, 0.1) is 10.1 Å². The van der Waals surface area contributed by atoms with E-state index in [-0.39, 0.29) is 5.69 Å². The van der Waals surface area contributed by atoms with Gasteiger partial charge in [-0.2, -0.15) is 0 Å². The molecule has 0 saturated heterocycles. The first-order valence-electron chi connectivity index (χ1n) is 10.2. The van der Waals surface area contributed by atoms with Crippen molar-refractivity contribution < 1.29 is 9.66 Å². The quantitative estimate of drug-likeness (QED) is 0.199. The molecule has 1 heterocycles. The Bertz CT molecular complexity index is 1470. The van der Waals surface area contributed by atoms with E-state index in [9.17, 15) is 10.1 Å². The van der Waals surface area contributed by atoms with Crippen molar-refractivity contribution >= 4 is 22.4 Å². The van der Waals surface area contributed by atoms with Crippen LogP contribution in [0.5, 0.6) is 11.5 Å². The van der Waals surface area contributed by atoms with E-state index in [4.69, 9.17) is 20.4 Å². The lowest BCUT2D eigenvalue weighted by Gasteiger charge is -2.12. The molecule has 0 fully saturated rings. The standard InChI is InChI=1S/C26H18N4O3/c27-19-9-11-21(12-10-19)33-22-13-14-23-24(16-22)29-25(17-5-2-1-3-6-17)26(28-23)18-7-4-8-20(15-18)30(31)32/h1-16H,27H2. The van der Waals surface area contributed by atoms with Gasteiger partial charge in [-0.05, 0) is 36.4 Å². The van der Waals surface area contributed by atoms with Gasteiger partial charge < -0.3 is 10.5 Å². The van der Waals surface area contributed by atoms with Gasteiger partial charge in [-0.15, -0.1) is 0 Å². The molecule has 0 saturated carbocycles. The number of hydrogen-bond donors (Lipinski definition) is 1. The van der Waals surface area contributed by atoms with Gasteiger partial charge in [-0.1, -0.05) is 42.5 Å². The van der Waals surface area contributed by atoms with E-state index < -0.39 is 4.92 Å². The number of rotatable bonds is 5. The Kier molecular flexibility index (Phi) is 5.12. The second-order valence-electron chi connectivity index (χ2n) is 7.42. The SMILES string of the molecule is Nc1ccc(Oc2ccc3nc(-c4cccc([N+](=O)[O-])c4)c(-c4ccccc4)nc3c2)cc1. The number of ether oxygens (including phenoxy) is 1. The molecule has 7 nitrogen and oxygen atoms in total. The van der Waals surface area contributed by atoms with Crippen molar-refractivity contribution in [3.8, 4) is 34.0 Å². The maximum Gasteiger partial charge on any atom is 0.270 e. The van der Waals surface area contributed by atoms with Gasteiger partial charge in [-0.3, -0.25) is 10.1 Å². The van der Waals surface area contributed by atoms with Crippen LogP contribution in [0.15, 0.2) is 97.1 Å². The first-order chi connectivity index (χ1) is 16.1. The lowest BCUT2D eigenvalue weighted by Crippen LogP contribution is -1.97. The number of nitrogen functional groups attached to an aromatic ring is 1. The van der Waals surface area contributed by atoms with E-state index in [1.54, 1.807) is 36.4 Å². The van der Waals surface area contributed by atoms with Crippen molar-refractivity contribution in [3.05, 3.63) is 107 Å². The molecule has 0 radical (unpaired) electrons. The van der Waals surface area contributed by atoms with Crippen LogP contribution in [0.1, 0.15) is 0 Å². The number of anilines is 1. The summed E-state index contributed by atoms with van der Waals surface area (Å²) in [5.41, 5.74) is 10.4. The minimum Gasteiger partial charge on any atom is -0.457 e. The largest absolute Gasteiger partial charge is 0.457 e. The van der Waals surface area contributed by atoms with Crippen LogP contribution < -0.4 is 10.5 Å². The minimum absolute atomic E-state index is 0.000606. The Labute approximate surface area is 189 Å². The molecule has 2 N–H and O–H groups in total. The van der Waals surface area contributed by atoms with Gasteiger partial charge in [0.25, 0.3) is 5.69 Å².